The fourth-order valence-corrected chi connectivity index (χ4v) is 4.19. The van der Waals surface area contributed by atoms with Gasteiger partial charge in [0, 0.05) is 11.6 Å². The van der Waals surface area contributed by atoms with Crippen molar-refractivity contribution in [1.29, 1.82) is 0 Å². The summed E-state index contributed by atoms with van der Waals surface area (Å²) >= 11 is 0. The van der Waals surface area contributed by atoms with Gasteiger partial charge in [0.25, 0.3) is 5.91 Å². The average Bonchev–Trinajstić information content (AvgIpc) is 2.80. The zero-order valence-electron chi connectivity index (χ0n) is 17.1. The van der Waals surface area contributed by atoms with E-state index in [2.05, 4.69) is 17.4 Å². The number of nitrogens with one attached hydrogen (secondary N) is 2. The maximum atomic E-state index is 12.8. The third-order valence-corrected chi connectivity index (χ3v) is 5.83. The number of hydrogen-bond donors (Lipinski definition) is 2. The second-order valence-electron chi connectivity index (χ2n) is 7.73. The number of methoxy groups -OCH3 is 1. The first-order valence-corrected chi connectivity index (χ1v) is 10.5. The van der Waals surface area contributed by atoms with Crippen molar-refractivity contribution in [2.45, 2.75) is 25.3 Å². The van der Waals surface area contributed by atoms with Crippen LogP contribution in [-0.4, -0.2) is 32.7 Å². The van der Waals surface area contributed by atoms with Gasteiger partial charge in [-0.15, -0.1) is 0 Å². The van der Waals surface area contributed by atoms with Gasteiger partial charge >= 0.3 is 0 Å². The zero-order chi connectivity index (χ0) is 20.9. The third-order valence-electron chi connectivity index (χ3n) is 5.83. The van der Waals surface area contributed by atoms with E-state index >= 15 is 0 Å². The van der Waals surface area contributed by atoms with Gasteiger partial charge in [-0.1, -0.05) is 12.1 Å². The second-order valence-corrected chi connectivity index (χ2v) is 7.73. The Hall–Kier alpha value is -3.12. The molecule has 1 aromatic heterocycles. The summed E-state index contributed by atoms with van der Waals surface area (Å²) in [7, 11) is 1.65. The van der Waals surface area contributed by atoms with Gasteiger partial charge < -0.3 is 19.4 Å². The predicted octanol–water partition coefficient (Wildman–Crippen LogP) is 2.34. The maximum Gasteiger partial charge on any atom is 0.287 e. The SMILES string of the molecule is COc1ccc([C@@H](CNC(=O)c2cc(=O)c3ccccc3o2)[NH+]2CCCCC2)cc1. The Morgan fingerprint density at radius 2 is 1.83 bits per heavy atom. The van der Waals surface area contributed by atoms with Gasteiger partial charge in [-0.2, -0.15) is 0 Å². The molecule has 30 heavy (non-hydrogen) atoms. The number of likely N-dealkylation sites (tertiary alicyclic amines) is 1. The van der Waals surface area contributed by atoms with Crippen LogP contribution < -0.4 is 20.4 Å². The fraction of sp³-hybridized carbons (Fsp3) is 0.333. The van der Waals surface area contributed by atoms with Gasteiger partial charge in [-0.05, 0) is 55.7 Å². The molecule has 6 nitrogen and oxygen atoms in total. The molecular weight excluding hydrogens is 380 g/mol. The number of rotatable bonds is 6. The largest absolute Gasteiger partial charge is 0.497 e. The molecule has 0 radical (unpaired) electrons. The molecule has 4 rings (SSSR count). The van der Waals surface area contributed by atoms with E-state index < -0.39 is 0 Å². The molecule has 2 heterocycles. The minimum Gasteiger partial charge on any atom is -0.497 e. The highest BCUT2D eigenvalue weighted by Gasteiger charge is 2.27. The number of quaternary nitrogens is 1. The smallest absolute Gasteiger partial charge is 0.287 e. The summed E-state index contributed by atoms with van der Waals surface area (Å²) < 4.78 is 11.0. The first kappa shape index (κ1) is 20.2. The van der Waals surface area contributed by atoms with Gasteiger partial charge in [0.05, 0.1) is 32.1 Å². The van der Waals surface area contributed by atoms with Crippen LogP contribution in [-0.2, 0) is 0 Å². The number of benzene rings is 2. The highest BCUT2D eigenvalue weighted by molar-refractivity contribution is 5.93. The molecule has 2 aromatic carbocycles. The number of amides is 1. The van der Waals surface area contributed by atoms with E-state index in [1.54, 1.807) is 31.4 Å². The van der Waals surface area contributed by atoms with E-state index in [0.29, 0.717) is 17.5 Å². The van der Waals surface area contributed by atoms with Crippen molar-refractivity contribution >= 4 is 16.9 Å². The highest BCUT2D eigenvalue weighted by Crippen LogP contribution is 2.17. The van der Waals surface area contributed by atoms with Gasteiger partial charge in [0.1, 0.15) is 17.4 Å². The Morgan fingerprint density at radius 3 is 2.57 bits per heavy atom. The average molecular weight is 407 g/mol. The normalized spacial score (nSPS) is 15.6. The summed E-state index contributed by atoms with van der Waals surface area (Å²) in [4.78, 5) is 26.6. The predicted molar refractivity (Wildman–Crippen MR) is 115 cm³/mol. The van der Waals surface area contributed by atoms with E-state index in [0.717, 1.165) is 24.4 Å². The molecule has 3 aromatic rings. The molecule has 1 amide bonds. The number of carbonyl (C=O) groups is 1. The molecule has 1 fully saturated rings. The summed E-state index contributed by atoms with van der Waals surface area (Å²) in [6.45, 7) is 2.63. The van der Waals surface area contributed by atoms with Crippen molar-refractivity contribution in [1.82, 2.24) is 5.32 Å². The van der Waals surface area contributed by atoms with Crippen molar-refractivity contribution in [2.75, 3.05) is 26.7 Å². The Labute approximate surface area is 175 Å². The molecule has 0 aliphatic carbocycles. The van der Waals surface area contributed by atoms with E-state index in [4.69, 9.17) is 9.15 Å². The van der Waals surface area contributed by atoms with Gasteiger partial charge in [-0.25, -0.2) is 0 Å². The molecule has 0 spiro atoms. The van der Waals surface area contributed by atoms with Gasteiger partial charge in [0.2, 0.25) is 0 Å². The standard InChI is InChI=1S/C24H26N2O4/c1-29-18-11-9-17(10-12-18)20(26-13-5-2-6-14-26)16-25-24(28)23-15-21(27)19-7-3-4-8-22(19)30-23/h3-4,7-12,15,20H,2,5-6,13-14,16H2,1H3,(H,25,28)/p+1/t20-/m1/s1. The van der Waals surface area contributed by atoms with Crippen molar-refractivity contribution in [3.05, 3.63) is 76.1 Å². The summed E-state index contributed by atoms with van der Waals surface area (Å²) in [5.41, 5.74) is 1.37. The lowest BCUT2D eigenvalue weighted by atomic mass is 10.0. The Morgan fingerprint density at radius 1 is 1.10 bits per heavy atom. The topological polar surface area (TPSA) is 73.0 Å². The van der Waals surface area contributed by atoms with Gasteiger partial charge in [-0.3, -0.25) is 9.59 Å². The lowest BCUT2D eigenvalue weighted by Crippen LogP contribution is -3.13. The summed E-state index contributed by atoms with van der Waals surface area (Å²) in [6.07, 6.45) is 3.64. The zero-order valence-corrected chi connectivity index (χ0v) is 17.1. The van der Waals surface area contributed by atoms with Gasteiger partial charge in [0.15, 0.2) is 11.2 Å². The van der Waals surface area contributed by atoms with Crippen LogP contribution >= 0.6 is 0 Å². The molecule has 0 saturated carbocycles. The molecule has 1 aliphatic heterocycles. The number of hydrogen-bond acceptors (Lipinski definition) is 4. The minimum absolute atomic E-state index is 0.0424. The van der Waals surface area contributed by atoms with Crippen LogP contribution in [0.2, 0.25) is 0 Å². The molecule has 156 valence electrons. The molecular formula is C24H27N2O4+. The van der Waals surface area contributed by atoms with Crippen LogP contribution in [0.1, 0.15) is 41.4 Å². The number of carbonyl (C=O) groups excluding carboxylic acids is 1. The molecule has 0 unspecified atom stereocenters. The lowest BCUT2D eigenvalue weighted by molar-refractivity contribution is -0.935. The summed E-state index contributed by atoms with van der Waals surface area (Å²) in [5.74, 6) is 0.488. The highest BCUT2D eigenvalue weighted by atomic mass is 16.5. The van der Waals surface area contributed by atoms with E-state index in [9.17, 15) is 9.59 Å². The van der Waals surface area contributed by atoms with Crippen LogP contribution in [0.15, 0.2) is 63.8 Å². The van der Waals surface area contributed by atoms with Crippen LogP contribution in [0.4, 0.5) is 0 Å². The lowest BCUT2D eigenvalue weighted by Gasteiger charge is -2.32. The molecule has 1 saturated heterocycles. The molecule has 1 atom stereocenters. The van der Waals surface area contributed by atoms with Crippen molar-refractivity contribution in [3.63, 3.8) is 0 Å². The summed E-state index contributed by atoms with van der Waals surface area (Å²) in [6, 6.07) is 16.4. The fourth-order valence-electron chi connectivity index (χ4n) is 4.19. The first-order valence-electron chi connectivity index (χ1n) is 10.5. The number of fused-ring (bicyclic) bond motifs is 1. The van der Waals surface area contributed by atoms with E-state index in [1.807, 2.05) is 12.1 Å². The maximum absolute atomic E-state index is 12.8. The van der Waals surface area contributed by atoms with Crippen molar-refractivity contribution in [3.8, 4) is 5.75 Å². The monoisotopic (exact) mass is 407 g/mol. The van der Waals surface area contributed by atoms with E-state index in [1.165, 1.54) is 30.2 Å². The number of ether oxygens (including phenoxy) is 1. The van der Waals surface area contributed by atoms with Crippen molar-refractivity contribution in [2.24, 2.45) is 0 Å². The van der Waals surface area contributed by atoms with Crippen LogP contribution in [0.3, 0.4) is 0 Å². The second kappa shape index (κ2) is 9.13. The Kier molecular flexibility index (Phi) is 6.14. The Bertz CT molecular complexity index is 1070. The molecule has 0 bridgehead atoms. The van der Waals surface area contributed by atoms with Crippen LogP contribution in [0.25, 0.3) is 11.0 Å². The number of piperidine rings is 1. The first-order chi connectivity index (χ1) is 14.7. The molecule has 2 N–H and O–H groups in total. The minimum atomic E-state index is -0.368. The number of para-hydroxylation sites is 1. The molecule has 1 aliphatic rings. The van der Waals surface area contributed by atoms with E-state index in [-0.39, 0.29) is 23.1 Å². The van der Waals surface area contributed by atoms with Crippen LogP contribution in [0.5, 0.6) is 5.75 Å². The quantitative estimate of drug-likeness (QED) is 0.658. The molecule has 6 heteroatoms. The summed E-state index contributed by atoms with van der Waals surface area (Å²) in [5, 5.41) is 3.47. The van der Waals surface area contributed by atoms with Crippen molar-refractivity contribution < 1.29 is 18.8 Å². The van der Waals surface area contributed by atoms with Crippen LogP contribution in [0, 0.1) is 0 Å². The third kappa shape index (κ3) is 4.39. The Balaban J connectivity index is 1.54.